The van der Waals surface area contributed by atoms with E-state index in [0.29, 0.717) is 17.4 Å². The van der Waals surface area contributed by atoms with Crippen LogP contribution in [0.5, 0.6) is 5.88 Å². The number of hydrogen-bond acceptors (Lipinski definition) is 3. The second-order valence-corrected chi connectivity index (χ2v) is 4.80. The molecule has 3 nitrogen and oxygen atoms in total. The van der Waals surface area contributed by atoms with Crippen molar-refractivity contribution in [3.05, 3.63) is 29.7 Å². The Kier molecular flexibility index (Phi) is 3.97. The monoisotopic (exact) mass is 251 g/mol. The van der Waals surface area contributed by atoms with Crippen molar-refractivity contribution in [2.24, 2.45) is 11.8 Å². The van der Waals surface area contributed by atoms with Gasteiger partial charge >= 0.3 is 0 Å². The summed E-state index contributed by atoms with van der Waals surface area (Å²) in [6.07, 6.45) is 4.77. The fraction of sp³-hybridized carbons (Fsp3) is 0.500. The molecule has 2 atom stereocenters. The summed E-state index contributed by atoms with van der Waals surface area (Å²) in [4.78, 5) is 3.84. The van der Waals surface area contributed by atoms with Crippen molar-refractivity contribution in [2.75, 3.05) is 13.7 Å². The molecule has 98 valence electrons. The molecule has 0 aliphatic heterocycles. The van der Waals surface area contributed by atoms with Gasteiger partial charge in [0.2, 0.25) is 5.88 Å². The zero-order valence-electron chi connectivity index (χ0n) is 10.7. The van der Waals surface area contributed by atoms with Crippen LogP contribution in [0.3, 0.4) is 0 Å². The summed E-state index contributed by atoms with van der Waals surface area (Å²) < 4.78 is 18.8. The van der Waals surface area contributed by atoms with Crippen molar-refractivity contribution in [3.8, 4) is 5.88 Å². The number of aliphatic hydroxyl groups is 1. The average molecular weight is 251 g/mol. The standard InChI is InChI=1S/C14H18FNO2/c1-9-5-10(3-4-11(9)8-17)12-6-14(18-2)16-7-13(12)15/h3,6-7,9,11,17H,4-5,8H2,1-2H3. The van der Waals surface area contributed by atoms with Gasteiger partial charge in [-0.1, -0.05) is 13.0 Å². The van der Waals surface area contributed by atoms with Gasteiger partial charge in [0.15, 0.2) is 0 Å². The minimum absolute atomic E-state index is 0.188. The molecule has 1 aromatic heterocycles. The minimum Gasteiger partial charge on any atom is -0.481 e. The molecule has 2 rings (SSSR count). The molecule has 1 N–H and O–H groups in total. The fourth-order valence-electron chi connectivity index (χ4n) is 2.37. The number of allylic oxidation sites excluding steroid dienone is 2. The third-order valence-corrected chi connectivity index (χ3v) is 3.63. The fourth-order valence-corrected chi connectivity index (χ4v) is 2.37. The maximum Gasteiger partial charge on any atom is 0.213 e. The van der Waals surface area contributed by atoms with Gasteiger partial charge in [-0.25, -0.2) is 9.37 Å². The van der Waals surface area contributed by atoms with E-state index in [-0.39, 0.29) is 18.3 Å². The van der Waals surface area contributed by atoms with Crippen LogP contribution < -0.4 is 4.74 Å². The molecule has 0 bridgehead atoms. The van der Waals surface area contributed by atoms with Gasteiger partial charge in [0.25, 0.3) is 0 Å². The van der Waals surface area contributed by atoms with E-state index in [2.05, 4.69) is 11.9 Å². The van der Waals surface area contributed by atoms with Crippen LogP contribution in [0.4, 0.5) is 4.39 Å². The Hall–Kier alpha value is -1.42. The Labute approximate surface area is 106 Å². The second kappa shape index (κ2) is 5.48. The molecule has 0 radical (unpaired) electrons. The van der Waals surface area contributed by atoms with E-state index in [1.54, 1.807) is 6.07 Å². The van der Waals surface area contributed by atoms with Crippen LogP contribution >= 0.6 is 0 Å². The molecule has 0 saturated heterocycles. The van der Waals surface area contributed by atoms with Crippen molar-refractivity contribution in [3.63, 3.8) is 0 Å². The molecule has 0 aromatic carbocycles. The predicted octanol–water partition coefficient (Wildman–Crippen LogP) is 2.65. The van der Waals surface area contributed by atoms with Crippen molar-refractivity contribution >= 4 is 5.57 Å². The lowest BCUT2D eigenvalue weighted by atomic mass is 9.79. The van der Waals surface area contributed by atoms with Crippen LogP contribution in [0.2, 0.25) is 0 Å². The zero-order chi connectivity index (χ0) is 13.1. The van der Waals surface area contributed by atoms with Crippen LogP contribution in [-0.4, -0.2) is 23.8 Å². The Morgan fingerprint density at radius 1 is 1.56 bits per heavy atom. The van der Waals surface area contributed by atoms with Crippen LogP contribution in [0.25, 0.3) is 5.57 Å². The smallest absolute Gasteiger partial charge is 0.213 e. The summed E-state index contributed by atoms with van der Waals surface area (Å²) in [5.74, 6) is 0.732. The molecule has 0 fully saturated rings. The Bertz CT molecular complexity index is 459. The third-order valence-electron chi connectivity index (χ3n) is 3.63. The summed E-state index contributed by atoms with van der Waals surface area (Å²) in [5, 5.41) is 9.22. The van der Waals surface area contributed by atoms with E-state index in [9.17, 15) is 9.50 Å². The van der Waals surface area contributed by atoms with Gasteiger partial charge < -0.3 is 9.84 Å². The SMILES string of the molecule is COc1cc(C2=CCC(CO)C(C)C2)c(F)cn1. The maximum atomic E-state index is 13.8. The molecule has 2 unspecified atom stereocenters. The Morgan fingerprint density at radius 2 is 2.33 bits per heavy atom. The first-order valence-electron chi connectivity index (χ1n) is 6.15. The van der Waals surface area contributed by atoms with Gasteiger partial charge in [-0.15, -0.1) is 0 Å². The first kappa shape index (κ1) is 13.0. The number of rotatable bonds is 3. The summed E-state index contributed by atoms with van der Waals surface area (Å²) in [5.41, 5.74) is 1.54. The highest BCUT2D eigenvalue weighted by Crippen LogP contribution is 2.35. The van der Waals surface area contributed by atoms with Gasteiger partial charge in [0.05, 0.1) is 13.3 Å². The molecule has 4 heteroatoms. The lowest BCUT2D eigenvalue weighted by Crippen LogP contribution is -2.19. The molecule has 0 spiro atoms. The number of pyridine rings is 1. The number of nitrogens with zero attached hydrogens (tertiary/aromatic N) is 1. The molecule has 1 aliphatic rings. The van der Waals surface area contributed by atoms with E-state index in [1.807, 2.05) is 6.08 Å². The third kappa shape index (κ3) is 2.53. The van der Waals surface area contributed by atoms with E-state index in [0.717, 1.165) is 18.4 Å². The predicted molar refractivity (Wildman–Crippen MR) is 67.7 cm³/mol. The first-order valence-corrected chi connectivity index (χ1v) is 6.15. The molecule has 1 heterocycles. The zero-order valence-corrected chi connectivity index (χ0v) is 10.7. The molecular formula is C14H18FNO2. The molecule has 18 heavy (non-hydrogen) atoms. The molecular weight excluding hydrogens is 233 g/mol. The number of aromatic nitrogens is 1. The van der Waals surface area contributed by atoms with Crippen LogP contribution in [0.1, 0.15) is 25.3 Å². The van der Waals surface area contributed by atoms with E-state index >= 15 is 0 Å². The maximum absolute atomic E-state index is 13.8. The normalized spacial score (nSPS) is 23.7. The summed E-state index contributed by atoms with van der Waals surface area (Å²) in [6, 6.07) is 1.63. The minimum atomic E-state index is -0.323. The highest BCUT2D eigenvalue weighted by molar-refractivity contribution is 5.67. The summed E-state index contributed by atoms with van der Waals surface area (Å²) >= 11 is 0. The average Bonchev–Trinajstić information content (AvgIpc) is 2.39. The van der Waals surface area contributed by atoms with Crippen LogP contribution in [0, 0.1) is 17.7 Å². The lowest BCUT2D eigenvalue weighted by Gasteiger charge is -2.27. The van der Waals surface area contributed by atoms with E-state index < -0.39 is 0 Å². The second-order valence-electron chi connectivity index (χ2n) is 4.80. The van der Waals surface area contributed by atoms with E-state index in [4.69, 9.17) is 4.74 Å². The van der Waals surface area contributed by atoms with Crippen LogP contribution in [-0.2, 0) is 0 Å². The van der Waals surface area contributed by atoms with Crippen molar-refractivity contribution in [2.45, 2.75) is 19.8 Å². The van der Waals surface area contributed by atoms with E-state index in [1.165, 1.54) is 13.3 Å². The molecule has 0 saturated carbocycles. The number of halogens is 1. The van der Waals surface area contributed by atoms with Gasteiger partial charge in [-0.05, 0) is 30.3 Å². The van der Waals surface area contributed by atoms with Crippen molar-refractivity contribution in [1.29, 1.82) is 0 Å². The number of hydrogen-bond donors (Lipinski definition) is 1. The Balaban J connectivity index is 2.29. The summed E-state index contributed by atoms with van der Waals surface area (Å²) in [6.45, 7) is 2.28. The quantitative estimate of drug-likeness (QED) is 0.898. The number of aliphatic hydroxyl groups excluding tert-OH is 1. The summed E-state index contributed by atoms with van der Waals surface area (Å²) in [7, 11) is 1.52. The van der Waals surface area contributed by atoms with Crippen molar-refractivity contribution in [1.82, 2.24) is 4.98 Å². The lowest BCUT2D eigenvalue weighted by molar-refractivity contribution is 0.181. The highest BCUT2D eigenvalue weighted by atomic mass is 19.1. The highest BCUT2D eigenvalue weighted by Gasteiger charge is 2.23. The Morgan fingerprint density at radius 3 is 2.94 bits per heavy atom. The van der Waals surface area contributed by atoms with Gasteiger partial charge in [-0.3, -0.25) is 0 Å². The van der Waals surface area contributed by atoms with Gasteiger partial charge in [-0.2, -0.15) is 0 Å². The van der Waals surface area contributed by atoms with Crippen molar-refractivity contribution < 1.29 is 14.2 Å². The number of methoxy groups -OCH3 is 1. The van der Waals surface area contributed by atoms with Gasteiger partial charge in [0.1, 0.15) is 5.82 Å². The van der Waals surface area contributed by atoms with Gasteiger partial charge in [0, 0.05) is 18.2 Å². The van der Waals surface area contributed by atoms with Crippen LogP contribution in [0.15, 0.2) is 18.3 Å². The molecule has 1 aromatic rings. The topological polar surface area (TPSA) is 42.4 Å². The molecule has 1 aliphatic carbocycles. The molecule has 0 amide bonds. The first-order chi connectivity index (χ1) is 8.65. The number of ether oxygens (including phenoxy) is 1. The largest absolute Gasteiger partial charge is 0.481 e.